The van der Waals surface area contributed by atoms with Crippen LogP contribution in [-0.4, -0.2) is 46.2 Å². The number of carbonyl (C=O) groups is 1. The highest BCUT2D eigenvalue weighted by molar-refractivity contribution is 5.98. The van der Waals surface area contributed by atoms with Gasteiger partial charge < -0.3 is 14.6 Å². The second-order valence-corrected chi connectivity index (χ2v) is 7.52. The minimum absolute atomic E-state index is 0.0506. The van der Waals surface area contributed by atoms with Crippen LogP contribution < -0.4 is 4.74 Å². The highest BCUT2D eigenvalue weighted by Gasteiger charge is 2.44. The number of benzene rings is 1. The Morgan fingerprint density at radius 2 is 2.23 bits per heavy atom. The fourth-order valence-corrected chi connectivity index (χ4v) is 4.70. The SMILES string of the molecule is COc1ccc2[nH]c(C(=O)N3CCCC4(CCc5cn[nH]c54)C3)cc2c1. The Morgan fingerprint density at radius 1 is 1.31 bits per heavy atom. The first-order valence-corrected chi connectivity index (χ1v) is 9.17. The quantitative estimate of drug-likeness (QED) is 0.746. The van der Waals surface area contributed by atoms with Crippen LogP contribution in [0.15, 0.2) is 30.5 Å². The summed E-state index contributed by atoms with van der Waals surface area (Å²) in [6, 6.07) is 7.74. The third-order valence-electron chi connectivity index (χ3n) is 6.04. The van der Waals surface area contributed by atoms with Crippen molar-refractivity contribution in [3.05, 3.63) is 47.4 Å². The maximum absolute atomic E-state index is 13.2. The number of fused-ring (bicyclic) bond motifs is 3. The predicted octanol–water partition coefficient (Wildman–Crippen LogP) is 3.02. The molecule has 1 spiro atoms. The van der Waals surface area contributed by atoms with E-state index in [0.717, 1.165) is 55.4 Å². The van der Waals surface area contributed by atoms with Crippen molar-refractivity contribution in [2.45, 2.75) is 31.1 Å². The number of H-pyrrole nitrogens is 2. The van der Waals surface area contributed by atoms with E-state index in [2.05, 4.69) is 15.2 Å². The van der Waals surface area contributed by atoms with Gasteiger partial charge in [-0.3, -0.25) is 9.89 Å². The Balaban J connectivity index is 1.44. The van der Waals surface area contributed by atoms with E-state index in [1.807, 2.05) is 35.4 Å². The number of amides is 1. The summed E-state index contributed by atoms with van der Waals surface area (Å²) >= 11 is 0. The first-order valence-electron chi connectivity index (χ1n) is 9.17. The van der Waals surface area contributed by atoms with Crippen LogP contribution in [0.2, 0.25) is 0 Å². The van der Waals surface area contributed by atoms with E-state index in [-0.39, 0.29) is 11.3 Å². The summed E-state index contributed by atoms with van der Waals surface area (Å²) in [5, 5.41) is 8.42. The molecule has 0 saturated carbocycles. The van der Waals surface area contributed by atoms with Gasteiger partial charge >= 0.3 is 0 Å². The fraction of sp³-hybridized carbons (Fsp3) is 0.400. The molecule has 3 heterocycles. The predicted molar refractivity (Wildman–Crippen MR) is 98.6 cm³/mol. The Hall–Kier alpha value is -2.76. The number of hydrogen-bond donors (Lipinski definition) is 2. The highest BCUT2D eigenvalue weighted by Crippen LogP contribution is 2.44. The number of nitrogens with one attached hydrogen (secondary N) is 2. The number of carbonyl (C=O) groups excluding carboxylic acids is 1. The molecule has 0 radical (unpaired) electrons. The zero-order valence-corrected chi connectivity index (χ0v) is 14.8. The fourth-order valence-electron chi connectivity index (χ4n) is 4.70. The molecule has 3 aromatic rings. The number of aromatic amines is 2. The van der Waals surface area contributed by atoms with E-state index in [1.54, 1.807) is 7.11 Å². The summed E-state index contributed by atoms with van der Waals surface area (Å²) in [7, 11) is 1.65. The van der Waals surface area contributed by atoms with Gasteiger partial charge in [-0.1, -0.05) is 0 Å². The van der Waals surface area contributed by atoms with E-state index in [1.165, 1.54) is 11.3 Å². The molecule has 2 aromatic heterocycles. The van der Waals surface area contributed by atoms with Crippen LogP contribution in [0.1, 0.15) is 41.0 Å². The molecule has 2 N–H and O–H groups in total. The number of hydrogen-bond acceptors (Lipinski definition) is 3. The van der Waals surface area contributed by atoms with Gasteiger partial charge in [-0.15, -0.1) is 0 Å². The minimum Gasteiger partial charge on any atom is -0.497 e. The molecular weight excluding hydrogens is 328 g/mol. The Morgan fingerprint density at radius 3 is 3.12 bits per heavy atom. The molecule has 1 fully saturated rings. The topological polar surface area (TPSA) is 74.0 Å². The van der Waals surface area contributed by atoms with Crippen molar-refractivity contribution in [3.63, 3.8) is 0 Å². The molecule has 26 heavy (non-hydrogen) atoms. The Kier molecular flexibility index (Phi) is 3.35. The van der Waals surface area contributed by atoms with E-state index in [9.17, 15) is 4.79 Å². The summed E-state index contributed by atoms with van der Waals surface area (Å²) in [5.41, 5.74) is 4.22. The zero-order valence-electron chi connectivity index (χ0n) is 14.8. The van der Waals surface area contributed by atoms with Crippen molar-refractivity contribution in [2.24, 2.45) is 0 Å². The lowest BCUT2D eigenvalue weighted by Gasteiger charge is -2.40. The largest absolute Gasteiger partial charge is 0.497 e. The van der Waals surface area contributed by atoms with Gasteiger partial charge in [0, 0.05) is 35.1 Å². The number of aryl methyl sites for hydroxylation is 1. The second-order valence-electron chi connectivity index (χ2n) is 7.52. The molecule has 5 rings (SSSR count). The van der Waals surface area contributed by atoms with Crippen LogP contribution in [0, 0.1) is 0 Å². The van der Waals surface area contributed by atoms with Gasteiger partial charge in [-0.25, -0.2) is 0 Å². The number of nitrogens with zero attached hydrogens (tertiary/aromatic N) is 2. The lowest BCUT2D eigenvalue weighted by Crippen LogP contribution is -2.47. The lowest BCUT2D eigenvalue weighted by molar-refractivity contribution is 0.0628. The number of aromatic nitrogens is 3. The molecule has 134 valence electrons. The standard InChI is InChI=1S/C20H22N4O2/c1-26-15-3-4-16-14(9-15)10-17(22-16)19(25)24-8-2-6-20(12-24)7-5-13-11-21-23-18(13)20/h3-4,9-11,22H,2,5-8,12H2,1H3,(H,21,23). The molecule has 1 aromatic carbocycles. The summed E-state index contributed by atoms with van der Waals surface area (Å²) < 4.78 is 5.28. The molecule has 2 aliphatic rings. The van der Waals surface area contributed by atoms with E-state index in [0.29, 0.717) is 5.69 Å². The van der Waals surface area contributed by atoms with Crippen LogP contribution in [0.5, 0.6) is 5.75 Å². The van der Waals surface area contributed by atoms with Gasteiger partial charge in [-0.2, -0.15) is 5.10 Å². The number of ether oxygens (including phenoxy) is 1. The third kappa shape index (κ3) is 2.25. The highest BCUT2D eigenvalue weighted by atomic mass is 16.5. The summed E-state index contributed by atoms with van der Waals surface area (Å²) in [6.45, 7) is 1.57. The van der Waals surface area contributed by atoms with Gasteiger partial charge in [0.25, 0.3) is 5.91 Å². The Labute approximate surface area is 151 Å². The molecule has 6 nitrogen and oxygen atoms in total. The van der Waals surface area contributed by atoms with Crippen LogP contribution in [0.3, 0.4) is 0 Å². The van der Waals surface area contributed by atoms with Crippen molar-refractivity contribution in [2.75, 3.05) is 20.2 Å². The molecular formula is C20H22N4O2. The van der Waals surface area contributed by atoms with E-state index in [4.69, 9.17) is 4.74 Å². The average Bonchev–Trinajstić information content (AvgIpc) is 3.37. The van der Waals surface area contributed by atoms with Gasteiger partial charge in [0.1, 0.15) is 11.4 Å². The molecule has 1 saturated heterocycles. The van der Waals surface area contributed by atoms with Crippen molar-refractivity contribution in [1.29, 1.82) is 0 Å². The van der Waals surface area contributed by atoms with Crippen molar-refractivity contribution in [1.82, 2.24) is 20.1 Å². The number of rotatable bonds is 2. The summed E-state index contributed by atoms with van der Waals surface area (Å²) in [4.78, 5) is 18.4. The molecule has 0 bridgehead atoms. The van der Waals surface area contributed by atoms with E-state index >= 15 is 0 Å². The van der Waals surface area contributed by atoms with Gasteiger partial charge in [0.2, 0.25) is 0 Å². The van der Waals surface area contributed by atoms with Crippen molar-refractivity contribution in [3.8, 4) is 5.75 Å². The average molecular weight is 350 g/mol. The molecule has 1 aliphatic carbocycles. The molecule has 1 aliphatic heterocycles. The summed E-state index contributed by atoms with van der Waals surface area (Å²) in [6.07, 6.45) is 6.24. The lowest BCUT2D eigenvalue weighted by atomic mass is 9.77. The van der Waals surface area contributed by atoms with E-state index < -0.39 is 0 Å². The maximum atomic E-state index is 13.2. The first-order chi connectivity index (χ1) is 12.7. The first kappa shape index (κ1) is 15.5. The van der Waals surface area contributed by atoms with Gasteiger partial charge in [0.05, 0.1) is 13.3 Å². The summed E-state index contributed by atoms with van der Waals surface area (Å²) in [5.74, 6) is 0.873. The monoisotopic (exact) mass is 350 g/mol. The molecule has 1 atom stereocenters. The number of likely N-dealkylation sites (tertiary alicyclic amines) is 1. The molecule has 1 unspecified atom stereocenters. The van der Waals surface area contributed by atoms with Crippen LogP contribution in [0.25, 0.3) is 10.9 Å². The Bertz CT molecular complexity index is 989. The third-order valence-corrected chi connectivity index (χ3v) is 6.04. The molecule has 6 heteroatoms. The smallest absolute Gasteiger partial charge is 0.270 e. The minimum atomic E-state index is 0.0506. The normalized spacial score (nSPS) is 22.1. The van der Waals surface area contributed by atoms with Gasteiger partial charge in [0.15, 0.2) is 0 Å². The van der Waals surface area contributed by atoms with Crippen LogP contribution >= 0.6 is 0 Å². The van der Waals surface area contributed by atoms with Crippen LogP contribution in [-0.2, 0) is 11.8 Å². The molecule has 1 amide bonds. The zero-order chi connectivity index (χ0) is 17.7. The van der Waals surface area contributed by atoms with Gasteiger partial charge in [-0.05, 0) is 55.5 Å². The van der Waals surface area contributed by atoms with Crippen molar-refractivity contribution < 1.29 is 9.53 Å². The van der Waals surface area contributed by atoms with Crippen molar-refractivity contribution >= 4 is 16.8 Å². The maximum Gasteiger partial charge on any atom is 0.270 e. The van der Waals surface area contributed by atoms with Crippen LogP contribution in [0.4, 0.5) is 0 Å². The number of methoxy groups -OCH3 is 1. The number of piperidine rings is 1. The second kappa shape index (κ2) is 5.62.